The van der Waals surface area contributed by atoms with Crippen molar-refractivity contribution in [3.8, 4) is 28.6 Å². The van der Waals surface area contributed by atoms with Crippen LogP contribution in [0.2, 0.25) is 0 Å². The minimum absolute atomic E-state index is 0.257. The van der Waals surface area contributed by atoms with Gasteiger partial charge in [0.25, 0.3) is 0 Å². The molecule has 1 N–H and O–H groups in total. The Bertz CT molecular complexity index is 1110. The predicted molar refractivity (Wildman–Crippen MR) is 106 cm³/mol. The summed E-state index contributed by atoms with van der Waals surface area (Å²) in [4.78, 5) is 12.4. The Kier molecular flexibility index (Phi) is 4.34. The van der Waals surface area contributed by atoms with E-state index >= 15 is 0 Å². The molecule has 27 heavy (non-hydrogen) atoms. The summed E-state index contributed by atoms with van der Waals surface area (Å²) in [5.74, 6) is 2.07. The first-order chi connectivity index (χ1) is 13.1. The third kappa shape index (κ3) is 3.27. The van der Waals surface area contributed by atoms with E-state index in [2.05, 4.69) is 10.2 Å². The monoisotopic (exact) mass is 357 g/mol. The van der Waals surface area contributed by atoms with E-state index in [0.717, 1.165) is 33.9 Å². The molecule has 1 aromatic heterocycles. The van der Waals surface area contributed by atoms with Crippen LogP contribution in [0.5, 0.6) is 11.5 Å². The molecule has 0 amide bonds. The number of nitrogens with one attached hydrogen (secondary N) is 1. The van der Waals surface area contributed by atoms with Crippen LogP contribution < -0.4 is 10.4 Å². The highest BCUT2D eigenvalue weighted by Gasteiger charge is 2.16. The van der Waals surface area contributed by atoms with Gasteiger partial charge in [0.05, 0.1) is 5.69 Å². The first-order valence-electron chi connectivity index (χ1n) is 8.71. The molecular weight excluding hydrogens is 338 g/mol. The minimum atomic E-state index is -0.257. The van der Waals surface area contributed by atoms with Crippen LogP contribution >= 0.6 is 0 Å². The minimum Gasteiger partial charge on any atom is -0.457 e. The molecule has 0 saturated heterocycles. The van der Waals surface area contributed by atoms with Crippen molar-refractivity contribution in [2.45, 2.75) is 13.8 Å². The maximum atomic E-state index is 12.4. The van der Waals surface area contributed by atoms with E-state index in [9.17, 15) is 4.79 Å². The Balaban J connectivity index is 1.72. The molecule has 3 aromatic carbocycles. The average Bonchev–Trinajstić information content (AvgIpc) is 3.05. The predicted octanol–water partition coefficient (Wildman–Crippen LogP) is 4.64. The van der Waals surface area contributed by atoms with Gasteiger partial charge in [0.2, 0.25) is 0 Å². The number of ether oxygens (including phenoxy) is 1. The zero-order valence-corrected chi connectivity index (χ0v) is 15.1. The van der Waals surface area contributed by atoms with E-state index in [4.69, 9.17) is 4.74 Å². The van der Waals surface area contributed by atoms with E-state index in [0.29, 0.717) is 5.82 Å². The molecule has 134 valence electrons. The van der Waals surface area contributed by atoms with E-state index in [-0.39, 0.29) is 5.69 Å². The van der Waals surface area contributed by atoms with Crippen LogP contribution in [-0.2, 0) is 0 Å². The summed E-state index contributed by atoms with van der Waals surface area (Å²) in [6.45, 7) is 3.98. The van der Waals surface area contributed by atoms with Gasteiger partial charge < -0.3 is 4.74 Å². The van der Waals surface area contributed by atoms with Gasteiger partial charge in [0.1, 0.15) is 11.5 Å². The molecule has 0 radical (unpaired) electrons. The van der Waals surface area contributed by atoms with Crippen LogP contribution in [0.25, 0.3) is 17.1 Å². The van der Waals surface area contributed by atoms with Crippen molar-refractivity contribution in [3.63, 3.8) is 0 Å². The molecule has 5 heteroatoms. The molecule has 0 aliphatic rings. The van der Waals surface area contributed by atoms with Crippen LogP contribution in [0.1, 0.15) is 11.1 Å². The quantitative estimate of drug-likeness (QED) is 0.579. The smallest absolute Gasteiger partial charge is 0.348 e. The van der Waals surface area contributed by atoms with Crippen molar-refractivity contribution in [2.24, 2.45) is 0 Å². The van der Waals surface area contributed by atoms with Crippen molar-refractivity contribution in [1.29, 1.82) is 0 Å². The Hall–Kier alpha value is -3.60. The Labute approximate surface area is 156 Å². The van der Waals surface area contributed by atoms with E-state index < -0.39 is 0 Å². The number of aromatic amines is 1. The lowest BCUT2D eigenvalue weighted by Gasteiger charge is -2.12. The van der Waals surface area contributed by atoms with Gasteiger partial charge in [-0.1, -0.05) is 36.4 Å². The summed E-state index contributed by atoms with van der Waals surface area (Å²) in [5.41, 5.74) is 3.46. The lowest BCUT2D eigenvalue weighted by Crippen LogP contribution is -2.17. The first kappa shape index (κ1) is 16.8. The van der Waals surface area contributed by atoms with Gasteiger partial charge in [-0.2, -0.15) is 5.10 Å². The van der Waals surface area contributed by atoms with Crippen molar-refractivity contribution >= 4 is 0 Å². The van der Waals surface area contributed by atoms with Crippen LogP contribution in [-0.4, -0.2) is 14.8 Å². The number of hydrogen-bond acceptors (Lipinski definition) is 3. The van der Waals surface area contributed by atoms with Gasteiger partial charge in [-0.05, 0) is 61.4 Å². The molecule has 4 aromatic rings. The van der Waals surface area contributed by atoms with E-state index in [1.54, 1.807) is 4.57 Å². The third-order valence-corrected chi connectivity index (χ3v) is 4.43. The lowest BCUT2D eigenvalue weighted by atomic mass is 10.1. The third-order valence-electron chi connectivity index (χ3n) is 4.43. The molecule has 0 atom stereocenters. The molecule has 4 rings (SSSR count). The fourth-order valence-electron chi connectivity index (χ4n) is 3.15. The maximum Gasteiger partial charge on any atom is 0.348 e. The van der Waals surface area contributed by atoms with Crippen LogP contribution in [0.15, 0.2) is 77.6 Å². The number of nitrogens with zero attached hydrogens (tertiary/aromatic N) is 2. The summed E-state index contributed by atoms with van der Waals surface area (Å²) in [6, 6.07) is 23.1. The van der Waals surface area contributed by atoms with Crippen molar-refractivity contribution in [2.75, 3.05) is 0 Å². The van der Waals surface area contributed by atoms with Crippen LogP contribution in [0.3, 0.4) is 0 Å². The number of hydrogen-bond donors (Lipinski definition) is 1. The number of para-hydroxylation sites is 2. The molecule has 0 aliphatic heterocycles. The molecule has 0 fully saturated rings. The van der Waals surface area contributed by atoms with Gasteiger partial charge in [-0.25, -0.2) is 14.5 Å². The average molecular weight is 357 g/mol. The van der Waals surface area contributed by atoms with Gasteiger partial charge in [-0.15, -0.1) is 0 Å². The zero-order valence-electron chi connectivity index (χ0n) is 15.1. The van der Waals surface area contributed by atoms with Gasteiger partial charge >= 0.3 is 5.69 Å². The Morgan fingerprint density at radius 1 is 0.815 bits per heavy atom. The molecule has 1 heterocycles. The second-order valence-electron chi connectivity index (χ2n) is 6.37. The van der Waals surface area contributed by atoms with Crippen molar-refractivity contribution in [1.82, 2.24) is 14.8 Å². The van der Waals surface area contributed by atoms with Crippen molar-refractivity contribution in [3.05, 3.63) is 94.4 Å². The molecule has 0 unspecified atom stereocenters. The highest BCUT2D eigenvalue weighted by molar-refractivity contribution is 5.61. The first-order valence-corrected chi connectivity index (χ1v) is 8.71. The van der Waals surface area contributed by atoms with Gasteiger partial charge in [0, 0.05) is 5.56 Å². The highest BCUT2D eigenvalue weighted by Crippen LogP contribution is 2.27. The normalized spacial score (nSPS) is 10.7. The van der Waals surface area contributed by atoms with Crippen LogP contribution in [0, 0.1) is 13.8 Å². The molecule has 5 nitrogen and oxygen atoms in total. The molecule has 0 aliphatic carbocycles. The number of aromatic nitrogens is 3. The van der Waals surface area contributed by atoms with Crippen molar-refractivity contribution < 1.29 is 4.74 Å². The summed E-state index contributed by atoms with van der Waals surface area (Å²) >= 11 is 0. The SMILES string of the molecule is Cc1cccc(C)c1-n1c(-c2ccc(Oc3ccccc3)cc2)n[nH]c1=O. The molecule has 0 saturated carbocycles. The van der Waals surface area contributed by atoms with E-state index in [1.165, 1.54) is 0 Å². The second kappa shape index (κ2) is 6.96. The summed E-state index contributed by atoms with van der Waals surface area (Å²) in [5, 5.41) is 6.81. The molecule has 0 bridgehead atoms. The molecule has 0 spiro atoms. The maximum absolute atomic E-state index is 12.4. The summed E-state index contributed by atoms with van der Waals surface area (Å²) < 4.78 is 7.45. The lowest BCUT2D eigenvalue weighted by molar-refractivity contribution is 0.483. The summed E-state index contributed by atoms with van der Waals surface area (Å²) in [6.07, 6.45) is 0. The fourth-order valence-corrected chi connectivity index (χ4v) is 3.15. The topological polar surface area (TPSA) is 59.9 Å². The van der Waals surface area contributed by atoms with Gasteiger partial charge in [0.15, 0.2) is 5.82 Å². The number of rotatable bonds is 4. The summed E-state index contributed by atoms with van der Waals surface area (Å²) in [7, 11) is 0. The zero-order chi connectivity index (χ0) is 18.8. The largest absolute Gasteiger partial charge is 0.457 e. The number of aryl methyl sites for hydroxylation is 2. The van der Waals surface area contributed by atoms with Gasteiger partial charge in [-0.3, -0.25) is 0 Å². The number of benzene rings is 3. The Morgan fingerprint density at radius 2 is 1.44 bits per heavy atom. The highest BCUT2D eigenvalue weighted by atomic mass is 16.5. The Morgan fingerprint density at radius 3 is 2.11 bits per heavy atom. The second-order valence-corrected chi connectivity index (χ2v) is 6.37. The number of H-pyrrole nitrogens is 1. The van der Waals surface area contributed by atoms with Crippen LogP contribution in [0.4, 0.5) is 0 Å². The fraction of sp³-hybridized carbons (Fsp3) is 0.0909. The standard InChI is InChI=1S/C22H19N3O2/c1-15-7-6-8-16(2)20(15)25-21(23-24-22(25)26)17-11-13-19(14-12-17)27-18-9-4-3-5-10-18/h3-14H,1-2H3,(H,24,26). The van der Waals surface area contributed by atoms with E-state index in [1.807, 2.05) is 86.6 Å². The molecular formula is C22H19N3O2.